The van der Waals surface area contributed by atoms with Crippen molar-refractivity contribution in [3.8, 4) is 11.9 Å². The third-order valence-electron chi connectivity index (χ3n) is 3.85. The van der Waals surface area contributed by atoms with E-state index in [2.05, 4.69) is 9.97 Å². The van der Waals surface area contributed by atoms with Crippen LogP contribution in [0.15, 0.2) is 36.7 Å². The van der Waals surface area contributed by atoms with E-state index in [4.69, 9.17) is 10.00 Å². The first-order valence-electron chi connectivity index (χ1n) is 7.58. The summed E-state index contributed by atoms with van der Waals surface area (Å²) < 4.78 is 45.6. The van der Waals surface area contributed by atoms with E-state index < -0.39 is 27.7 Å². The van der Waals surface area contributed by atoms with Gasteiger partial charge in [-0.2, -0.15) is 9.57 Å². The van der Waals surface area contributed by atoms with Crippen LogP contribution in [0.25, 0.3) is 0 Å². The molecular weight excluding hydrogens is 347 g/mol. The van der Waals surface area contributed by atoms with E-state index in [0.717, 1.165) is 0 Å². The summed E-state index contributed by atoms with van der Waals surface area (Å²) in [5, 5.41) is 8.99. The Morgan fingerprint density at radius 1 is 1.32 bits per heavy atom. The highest BCUT2D eigenvalue weighted by atomic mass is 32.2. The minimum Gasteiger partial charge on any atom is -0.471 e. The molecule has 1 aliphatic rings. The molecule has 1 unspecified atom stereocenters. The Balaban J connectivity index is 1.68. The zero-order valence-electron chi connectivity index (χ0n) is 13.2. The molecule has 0 amide bonds. The Hall–Kier alpha value is -2.57. The Kier molecular flexibility index (Phi) is 4.92. The van der Waals surface area contributed by atoms with Gasteiger partial charge < -0.3 is 4.74 Å². The second-order valence-corrected chi connectivity index (χ2v) is 7.52. The van der Waals surface area contributed by atoms with Gasteiger partial charge in [0.15, 0.2) is 0 Å². The molecular formula is C16H15FN4O3S. The van der Waals surface area contributed by atoms with Crippen molar-refractivity contribution in [1.29, 1.82) is 5.26 Å². The Morgan fingerprint density at radius 3 is 2.84 bits per heavy atom. The van der Waals surface area contributed by atoms with Crippen LogP contribution in [0.2, 0.25) is 0 Å². The maximum atomic E-state index is 13.7. The van der Waals surface area contributed by atoms with E-state index in [0.29, 0.717) is 6.42 Å². The second-order valence-electron chi connectivity index (χ2n) is 5.56. The highest BCUT2D eigenvalue weighted by Gasteiger charge is 2.33. The molecule has 9 heteroatoms. The number of sulfonamides is 1. The van der Waals surface area contributed by atoms with Crippen molar-refractivity contribution >= 4 is 10.0 Å². The molecule has 130 valence electrons. The summed E-state index contributed by atoms with van der Waals surface area (Å²) in [4.78, 5) is 7.81. The quantitative estimate of drug-likeness (QED) is 0.799. The molecule has 0 radical (unpaired) electrons. The number of halogens is 1. The van der Waals surface area contributed by atoms with Crippen molar-refractivity contribution in [2.24, 2.45) is 0 Å². The summed E-state index contributed by atoms with van der Waals surface area (Å²) in [6, 6.07) is 7.68. The number of rotatable bonds is 5. The lowest BCUT2D eigenvalue weighted by molar-refractivity contribution is 0.205. The molecule has 0 bridgehead atoms. The molecule has 7 nitrogen and oxygen atoms in total. The Morgan fingerprint density at radius 2 is 2.08 bits per heavy atom. The van der Waals surface area contributed by atoms with Gasteiger partial charge in [-0.3, -0.25) is 0 Å². The monoisotopic (exact) mass is 362 g/mol. The summed E-state index contributed by atoms with van der Waals surface area (Å²) in [6.45, 7) is 0.391. The number of nitrogens with zero attached hydrogens (tertiary/aromatic N) is 4. The van der Waals surface area contributed by atoms with Gasteiger partial charge in [-0.25, -0.2) is 22.8 Å². The molecule has 1 atom stereocenters. The molecule has 0 spiro atoms. The fourth-order valence-electron chi connectivity index (χ4n) is 2.60. The normalized spacial score (nSPS) is 18.0. The summed E-state index contributed by atoms with van der Waals surface area (Å²) in [7, 11) is -3.66. The van der Waals surface area contributed by atoms with Crippen molar-refractivity contribution in [2.75, 3.05) is 13.1 Å². The predicted molar refractivity (Wildman–Crippen MR) is 86.4 cm³/mol. The van der Waals surface area contributed by atoms with Crippen molar-refractivity contribution < 1.29 is 17.5 Å². The van der Waals surface area contributed by atoms with Crippen LogP contribution < -0.4 is 4.74 Å². The largest absolute Gasteiger partial charge is 0.471 e. The molecule has 1 fully saturated rings. The highest BCUT2D eigenvalue weighted by molar-refractivity contribution is 7.88. The first-order valence-corrected chi connectivity index (χ1v) is 9.19. The summed E-state index contributed by atoms with van der Waals surface area (Å²) in [6.07, 6.45) is 2.81. The minimum absolute atomic E-state index is 0.0511. The second kappa shape index (κ2) is 7.13. The van der Waals surface area contributed by atoms with Gasteiger partial charge in [-0.05, 0) is 12.5 Å². The zero-order chi connectivity index (χ0) is 17.9. The lowest BCUT2D eigenvalue weighted by Gasteiger charge is -2.17. The molecule has 0 aliphatic carbocycles. The van der Waals surface area contributed by atoms with Crippen LogP contribution in [0.4, 0.5) is 4.39 Å². The van der Waals surface area contributed by atoms with Gasteiger partial charge in [-0.1, -0.05) is 18.2 Å². The fourth-order valence-corrected chi connectivity index (χ4v) is 4.18. The Bertz CT molecular complexity index is 914. The molecule has 3 rings (SSSR count). The third kappa shape index (κ3) is 3.92. The molecule has 1 aliphatic heterocycles. The average molecular weight is 362 g/mol. The van der Waals surface area contributed by atoms with Crippen molar-refractivity contribution in [3.63, 3.8) is 0 Å². The minimum atomic E-state index is -3.66. The van der Waals surface area contributed by atoms with E-state index in [-0.39, 0.29) is 30.2 Å². The number of hydrogen-bond donors (Lipinski definition) is 0. The van der Waals surface area contributed by atoms with Gasteiger partial charge in [0.2, 0.25) is 15.7 Å². The van der Waals surface area contributed by atoms with Crippen LogP contribution in [0.3, 0.4) is 0 Å². The molecule has 2 heterocycles. The van der Waals surface area contributed by atoms with Crippen molar-refractivity contribution in [1.82, 2.24) is 14.3 Å². The van der Waals surface area contributed by atoms with E-state index in [1.807, 2.05) is 6.07 Å². The highest BCUT2D eigenvalue weighted by Crippen LogP contribution is 2.22. The molecule has 0 saturated carbocycles. The molecule has 1 saturated heterocycles. The summed E-state index contributed by atoms with van der Waals surface area (Å²) in [5.41, 5.74) is 0.183. The molecule has 2 aromatic rings. The lowest BCUT2D eigenvalue weighted by atomic mass is 10.2. The molecule has 25 heavy (non-hydrogen) atoms. The van der Waals surface area contributed by atoms with E-state index >= 15 is 0 Å². The SMILES string of the molecule is N#Cc1nccnc1OC1CCN(S(=O)(=O)Cc2ccccc2F)C1. The molecule has 1 aromatic carbocycles. The predicted octanol–water partition coefficient (Wildman–Crippen LogP) is 1.47. The number of aromatic nitrogens is 2. The van der Waals surface area contributed by atoms with Gasteiger partial charge in [0, 0.05) is 24.5 Å². The van der Waals surface area contributed by atoms with Gasteiger partial charge >= 0.3 is 0 Å². The van der Waals surface area contributed by atoms with Crippen LogP contribution in [0.5, 0.6) is 5.88 Å². The van der Waals surface area contributed by atoms with E-state index in [1.165, 1.54) is 34.9 Å². The van der Waals surface area contributed by atoms with Gasteiger partial charge in [0.25, 0.3) is 5.88 Å². The van der Waals surface area contributed by atoms with Crippen molar-refractivity contribution in [2.45, 2.75) is 18.3 Å². The Labute approximate surface area is 144 Å². The number of nitriles is 1. The van der Waals surface area contributed by atoms with Crippen LogP contribution in [-0.2, 0) is 15.8 Å². The van der Waals surface area contributed by atoms with Gasteiger partial charge in [-0.15, -0.1) is 0 Å². The molecule has 1 aromatic heterocycles. The summed E-state index contributed by atoms with van der Waals surface area (Å²) >= 11 is 0. The maximum absolute atomic E-state index is 13.7. The number of ether oxygens (including phenoxy) is 1. The van der Waals surface area contributed by atoms with Crippen LogP contribution in [0, 0.1) is 17.1 Å². The van der Waals surface area contributed by atoms with Gasteiger partial charge in [0.1, 0.15) is 18.0 Å². The first kappa shape index (κ1) is 17.3. The lowest BCUT2D eigenvalue weighted by Crippen LogP contribution is -2.32. The van der Waals surface area contributed by atoms with Crippen LogP contribution >= 0.6 is 0 Å². The van der Waals surface area contributed by atoms with Crippen molar-refractivity contribution in [3.05, 3.63) is 53.7 Å². The number of benzene rings is 1. The number of hydrogen-bond acceptors (Lipinski definition) is 6. The zero-order valence-corrected chi connectivity index (χ0v) is 14.0. The first-order chi connectivity index (χ1) is 12.0. The maximum Gasteiger partial charge on any atom is 0.251 e. The summed E-state index contributed by atoms with van der Waals surface area (Å²) in [5.74, 6) is -0.860. The topological polar surface area (TPSA) is 96.2 Å². The van der Waals surface area contributed by atoms with Crippen LogP contribution in [-0.4, -0.2) is 41.9 Å². The average Bonchev–Trinajstić information content (AvgIpc) is 3.07. The fraction of sp³-hybridized carbons (Fsp3) is 0.312. The molecule has 0 N–H and O–H groups in total. The van der Waals surface area contributed by atoms with E-state index in [1.54, 1.807) is 6.07 Å². The standard InChI is InChI=1S/C16H15FN4O3S/c17-14-4-2-1-3-12(14)11-25(22,23)21-8-5-13(10-21)24-16-15(9-18)19-6-7-20-16/h1-4,6-7,13H,5,8,10-11H2. The van der Waals surface area contributed by atoms with Crippen LogP contribution in [0.1, 0.15) is 17.7 Å². The van der Waals surface area contributed by atoms with Gasteiger partial charge in [0.05, 0.1) is 12.3 Å². The van der Waals surface area contributed by atoms with E-state index in [9.17, 15) is 12.8 Å². The smallest absolute Gasteiger partial charge is 0.251 e. The third-order valence-corrected chi connectivity index (χ3v) is 5.64.